The Morgan fingerprint density at radius 2 is 2.17 bits per heavy atom. The summed E-state index contributed by atoms with van der Waals surface area (Å²) >= 11 is 5.95. The number of anilines is 1. The van der Waals surface area contributed by atoms with Crippen LogP contribution in [0, 0.1) is 11.3 Å². The molecule has 1 aromatic heterocycles. The van der Waals surface area contributed by atoms with Gasteiger partial charge in [0.05, 0.1) is 40.3 Å². The Labute approximate surface area is 108 Å². The molecule has 5 nitrogen and oxygen atoms in total. The van der Waals surface area contributed by atoms with E-state index in [4.69, 9.17) is 16.9 Å². The molecule has 18 heavy (non-hydrogen) atoms. The average molecular weight is 259 g/mol. The molecule has 0 aliphatic rings. The molecule has 0 aliphatic carbocycles. The Morgan fingerprint density at radius 3 is 2.78 bits per heavy atom. The molecule has 0 bridgehead atoms. The maximum atomic E-state index is 11.8. The standard InChI is InChI=1S/C12H7ClN4O/c13-10-5-8(6-14)1-2-11(10)17-12(18)9-3-4-15-16-7-9/h1-5,7H,(H,17,18). The van der Waals surface area contributed by atoms with Gasteiger partial charge < -0.3 is 5.32 Å². The summed E-state index contributed by atoms with van der Waals surface area (Å²) in [6, 6.07) is 8.15. The van der Waals surface area contributed by atoms with Crippen molar-refractivity contribution in [3.05, 3.63) is 52.8 Å². The minimum Gasteiger partial charge on any atom is -0.321 e. The second-order valence-corrected chi connectivity index (χ2v) is 3.80. The van der Waals surface area contributed by atoms with Gasteiger partial charge in [-0.05, 0) is 24.3 Å². The topological polar surface area (TPSA) is 78.7 Å². The van der Waals surface area contributed by atoms with Gasteiger partial charge in [-0.25, -0.2) is 0 Å². The van der Waals surface area contributed by atoms with Crippen LogP contribution in [0.4, 0.5) is 5.69 Å². The molecule has 1 aromatic carbocycles. The molecule has 1 amide bonds. The summed E-state index contributed by atoms with van der Waals surface area (Å²) in [7, 11) is 0. The van der Waals surface area contributed by atoms with E-state index in [9.17, 15) is 4.79 Å². The van der Waals surface area contributed by atoms with Crippen molar-refractivity contribution in [3.8, 4) is 6.07 Å². The molecule has 0 atom stereocenters. The van der Waals surface area contributed by atoms with Crippen LogP contribution >= 0.6 is 11.6 Å². The molecule has 0 saturated heterocycles. The molecule has 0 fully saturated rings. The number of nitriles is 1. The molecule has 1 heterocycles. The zero-order chi connectivity index (χ0) is 13.0. The van der Waals surface area contributed by atoms with Gasteiger partial charge >= 0.3 is 0 Å². The van der Waals surface area contributed by atoms with Gasteiger partial charge in [0.15, 0.2) is 0 Å². The van der Waals surface area contributed by atoms with Crippen molar-refractivity contribution < 1.29 is 4.79 Å². The van der Waals surface area contributed by atoms with Crippen molar-refractivity contribution in [2.24, 2.45) is 0 Å². The number of hydrogen-bond donors (Lipinski definition) is 1. The largest absolute Gasteiger partial charge is 0.321 e. The predicted octanol–water partition coefficient (Wildman–Crippen LogP) is 2.25. The minimum atomic E-state index is -0.337. The monoisotopic (exact) mass is 258 g/mol. The smallest absolute Gasteiger partial charge is 0.257 e. The van der Waals surface area contributed by atoms with E-state index < -0.39 is 0 Å². The number of nitrogens with one attached hydrogen (secondary N) is 1. The van der Waals surface area contributed by atoms with E-state index in [2.05, 4.69) is 15.5 Å². The normalized spacial score (nSPS) is 9.56. The number of halogens is 1. The van der Waals surface area contributed by atoms with Gasteiger partial charge in [-0.1, -0.05) is 11.6 Å². The summed E-state index contributed by atoms with van der Waals surface area (Å²) in [4.78, 5) is 11.8. The van der Waals surface area contributed by atoms with Crippen LogP contribution in [-0.2, 0) is 0 Å². The summed E-state index contributed by atoms with van der Waals surface area (Å²) in [6.07, 6.45) is 2.78. The highest BCUT2D eigenvalue weighted by Crippen LogP contribution is 2.23. The zero-order valence-electron chi connectivity index (χ0n) is 9.09. The van der Waals surface area contributed by atoms with Crippen LogP contribution in [0.2, 0.25) is 5.02 Å². The van der Waals surface area contributed by atoms with Crippen LogP contribution < -0.4 is 5.32 Å². The predicted molar refractivity (Wildman–Crippen MR) is 66.2 cm³/mol. The Hall–Kier alpha value is -2.45. The van der Waals surface area contributed by atoms with Gasteiger partial charge in [0.2, 0.25) is 0 Å². The van der Waals surface area contributed by atoms with Gasteiger partial charge in [-0.2, -0.15) is 15.5 Å². The quantitative estimate of drug-likeness (QED) is 0.896. The fraction of sp³-hybridized carbons (Fsp3) is 0. The van der Waals surface area contributed by atoms with E-state index in [-0.39, 0.29) is 5.91 Å². The highest BCUT2D eigenvalue weighted by atomic mass is 35.5. The summed E-state index contributed by atoms with van der Waals surface area (Å²) in [5.74, 6) is -0.337. The summed E-state index contributed by atoms with van der Waals surface area (Å²) < 4.78 is 0. The van der Waals surface area contributed by atoms with Crippen LogP contribution in [0.3, 0.4) is 0 Å². The van der Waals surface area contributed by atoms with Gasteiger partial charge in [0.1, 0.15) is 0 Å². The van der Waals surface area contributed by atoms with Crippen molar-refractivity contribution in [3.63, 3.8) is 0 Å². The SMILES string of the molecule is N#Cc1ccc(NC(=O)c2ccnnc2)c(Cl)c1. The average Bonchev–Trinajstić information content (AvgIpc) is 2.42. The van der Waals surface area contributed by atoms with Crippen molar-refractivity contribution in [2.45, 2.75) is 0 Å². The van der Waals surface area contributed by atoms with E-state index in [0.29, 0.717) is 21.8 Å². The molecular formula is C12H7ClN4O. The lowest BCUT2D eigenvalue weighted by Gasteiger charge is -2.06. The molecule has 0 saturated carbocycles. The Kier molecular flexibility index (Phi) is 3.51. The lowest BCUT2D eigenvalue weighted by Crippen LogP contribution is -2.12. The Balaban J connectivity index is 2.20. The second kappa shape index (κ2) is 5.25. The molecule has 2 aromatic rings. The molecule has 0 aliphatic heterocycles. The zero-order valence-corrected chi connectivity index (χ0v) is 9.85. The lowest BCUT2D eigenvalue weighted by atomic mass is 10.2. The molecule has 2 rings (SSSR count). The van der Waals surface area contributed by atoms with Crippen LogP contribution in [0.5, 0.6) is 0 Å². The first-order valence-corrected chi connectivity index (χ1v) is 5.36. The molecular weight excluding hydrogens is 252 g/mol. The van der Waals surface area contributed by atoms with E-state index >= 15 is 0 Å². The maximum absolute atomic E-state index is 11.8. The lowest BCUT2D eigenvalue weighted by molar-refractivity contribution is 0.102. The maximum Gasteiger partial charge on any atom is 0.257 e. The van der Waals surface area contributed by atoms with Crippen molar-refractivity contribution in [1.29, 1.82) is 5.26 Å². The highest BCUT2D eigenvalue weighted by molar-refractivity contribution is 6.34. The van der Waals surface area contributed by atoms with Gasteiger partial charge in [0, 0.05) is 0 Å². The number of aromatic nitrogens is 2. The Bertz CT molecular complexity index is 622. The third-order valence-corrected chi connectivity index (χ3v) is 2.51. The summed E-state index contributed by atoms with van der Waals surface area (Å²) in [5.41, 5.74) is 1.26. The first-order chi connectivity index (χ1) is 8.70. The van der Waals surface area contributed by atoms with E-state index in [1.807, 2.05) is 6.07 Å². The number of nitrogens with zero attached hydrogens (tertiary/aromatic N) is 3. The third kappa shape index (κ3) is 2.62. The fourth-order valence-electron chi connectivity index (χ4n) is 1.31. The van der Waals surface area contributed by atoms with Crippen molar-refractivity contribution in [1.82, 2.24) is 10.2 Å². The van der Waals surface area contributed by atoms with E-state index in [1.54, 1.807) is 18.2 Å². The number of benzene rings is 1. The molecule has 0 spiro atoms. The fourth-order valence-corrected chi connectivity index (χ4v) is 1.53. The number of rotatable bonds is 2. The molecule has 0 radical (unpaired) electrons. The second-order valence-electron chi connectivity index (χ2n) is 3.39. The Morgan fingerprint density at radius 1 is 1.33 bits per heavy atom. The number of carbonyl (C=O) groups excluding carboxylic acids is 1. The van der Waals surface area contributed by atoms with Crippen molar-refractivity contribution >= 4 is 23.2 Å². The van der Waals surface area contributed by atoms with Crippen molar-refractivity contribution in [2.75, 3.05) is 5.32 Å². The minimum absolute atomic E-state index is 0.310. The molecule has 6 heteroatoms. The first kappa shape index (κ1) is 12.0. The van der Waals surface area contributed by atoms with Gasteiger partial charge in [0.25, 0.3) is 5.91 Å². The van der Waals surface area contributed by atoms with Crippen LogP contribution in [0.25, 0.3) is 0 Å². The van der Waals surface area contributed by atoms with E-state index in [1.165, 1.54) is 18.5 Å². The summed E-state index contributed by atoms with van der Waals surface area (Å²) in [6.45, 7) is 0. The van der Waals surface area contributed by atoms with Crippen LogP contribution in [-0.4, -0.2) is 16.1 Å². The first-order valence-electron chi connectivity index (χ1n) is 4.98. The molecule has 0 unspecified atom stereocenters. The third-order valence-electron chi connectivity index (χ3n) is 2.19. The van der Waals surface area contributed by atoms with Crippen LogP contribution in [0.15, 0.2) is 36.7 Å². The highest BCUT2D eigenvalue weighted by Gasteiger charge is 2.08. The van der Waals surface area contributed by atoms with Crippen LogP contribution in [0.1, 0.15) is 15.9 Å². The number of carbonyl (C=O) groups is 1. The van der Waals surface area contributed by atoms with Gasteiger partial charge in [-0.15, -0.1) is 0 Å². The molecule has 88 valence electrons. The summed E-state index contributed by atoms with van der Waals surface area (Å²) in [5, 5.41) is 18.8. The number of hydrogen-bond acceptors (Lipinski definition) is 4. The number of amides is 1. The molecule has 1 N–H and O–H groups in total. The van der Waals surface area contributed by atoms with E-state index in [0.717, 1.165) is 0 Å². The van der Waals surface area contributed by atoms with Gasteiger partial charge in [-0.3, -0.25) is 4.79 Å².